The summed E-state index contributed by atoms with van der Waals surface area (Å²) in [5, 5.41) is 13.0. The van der Waals surface area contributed by atoms with Crippen LogP contribution < -0.4 is 5.32 Å². The monoisotopic (exact) mass is 448 g/mol. The molecule has 2 aromatic carbocycles. The van der Waals surface area contributed by atoms with Crippen molar-refractivity contribution in [1.29, 1.82) is 0 Å². The summed E-state index contributed by atoms with van der Waals surface area (Å²) in [6, 6.07) is 18.9. The lowest BCUT2D eigenvalue weighted by Gasteiger charge is -2.16. The van der Waals surface area contributed by atoms with E-state index in [0.717, 1.165) is 47.8 Å². The van der Waals surface area contributed by atoms with E-state index in [2.05, 4.69) is 56.7 Å². The molecule has 1 N–H and O–H groups in total. The zero-order chi connectivity index (χ0) is 22.2. The minimum Gasteiger partial charge on any atom is -0.352 e. The Morgan fingerprint density at radius 3 is 2.53 bits per heavy atom. The predicted molar refractivity (Wildman–Crippen MR) is 130 cm³/mol. The van der Waals surface area contributed by atoms with Gasteiger partial charge in [0.25, 0.3) is 5.91 Å². The summed E-state index contributed by atoms with van der Waals surface area (Å²) < 4.78 is 2.35. The van der Waals surface area contributed by atoms with E-state index in [-0.39, 0.29) is 5.91 Å². The van der Waals surface area contributed by atoms with Crippen LogP contribution in [0.4, 0.5) is 0 Å². The standard InChI is InChI=1S/C26H32N4OS/c1-32-26-29-28-24(30(26)22-13-6-7-14-22)16-9-19-27-25(31)23-15-8-5-12-21(23)18-17-20-10-3-2-4-11-20/h2-5,8,10-12,15,22H,6-7,9,13-14,16-19H2,1H3,(H,27,31). The van der Waals surface area contributed by atoms with Crippen LogP contribution in [0.5, 0.6) is 0 Å². The highest BCUT2D eigenvalue weighted by atomic mass is 32.2. The number of aromatic nitrogens is 3. The molecule has 5 nitrogen and oxygen atoms in total. The molecule has 4 rings (SSSR count). The van der Waals surface area contributed by atoms with E-state index >= 15 is 0 Å². The van der Waals surface area contributed by atoms with E-state index in [0.29, 0.717) is 12.6 Å². The van der Waals surface area contributed by atoms with Gasteiger partial charge in [0.1, 0.15) is 5.82 Å². The molecule has 0 unspecified atom stereocenters. The number of aryl methyl sites for hydroxylation is 3. The molecule has 6 heteroatoms. The summed E-state index contributed by atoms with van der Waals surface area (Å²) in [6.07, 6.45) is 10.6. The topological polar surface area (TPSA) is 59.8 Å². The SMILES string of the molecule is CSc1nnc(CCCNC(=O)c2ccccc2CCc2ccccc2)n1C1CCCC1. The third-order valence-electron chi connectivity index (χ3n) is 6.26. The van der Waals surface area contributed by atoms with Crippen molar-refractivity contribution in [2.24, 2.45) is 0 Å². The van der Waals surface area contributed by atoms with E-state index in [4.69, 9.17) is 0 Å². The molecule has 1 heterocycles. The maximum Gasteiger partial charge on any atom is 0.251 e. The Bertz CT molecular complexity index is 1010. The predicted octanol–water partition coefficient (Wildman–Crippen LogP) is 5.26. The Labute approximate surface area is 195 Å². The van der Waals surface area contributed by atoms with Gasteiger partial charge in [-0.2, -0.15) is 0 Å². The molecule has 3 aromatic rings. The van der Waals surface area contributed by atoms with Gasteiger partial charge in [-0.05, 0) is 55.6 Å². The average Bonchev–Trinajstić information content (AvgIpc) is 3.50. The summed E-state index contributed by atoms with van der Waals surface area (Å²) in [5.41, 5.74) is 3.17. The van der Waals surface area contributed by atoms with Gasteiger partial charge >= 0.3 is 0 Å². The van der Waals surface area contributed by atoms with E-state index in [1.54, 1.807) is 11.8 Å². The molecule has 1 saturated carbocycles. The van der Waals surface area contributed by atoms with Crippen molar-refractivity contribution < 1.29 is 4.79 Å². The lowest BCUT2D eigenvalue weighted by molar-refractivity contribution is 0.0952. The van der Waals surface area contributed by atoms with E-state index in [1.807, 2.05) is 24.3 Å². The van der Waals surface area contributed by atoms with Crippen LogP contribution >= 0.6 is 11.8 Å². The van der Waals surface area contributed by atoms with E-state index in [9.17, 15) is 4.79 Å². The molecule has 0 aliphatic heterocycles. The molecular formula is C26H32N4OS. The van der Waals surface area contributed by atoms with Crippen LogP contribution in [0.15, 0.2) is 59.8 Å². The number of amides is 1. The number of nitrogens with one attached hydrogen (secondary N) is 1. The van der Waals surface area contributed by atoms with Gasteiger partial charge in [0.2, 0.25) is 0 Å². The van der Waals surface area contributed by atoms with Gasteiger partial charge in [0.15, 0.2) is 5.16 Å². The Morgan fingerprint density at radius 1 is 1.00 bits per heavy atom. The fourth-order valence-corrected chi connectivity index (χ4v) is 5.15. The normalized spacial score (nSPS) is 14.0. The minimum atomic E-state index is 0.00993. The van der Waals surface area contributed by atoms with Crippen molar-refractivity contribution in [3.8, 4) is 0 Å². The number of nitrogens with zero attached hydrogens (tertiary/aromatic N) is 3. The van der Waals surface area contributed by atoms with Gasteiger partial charge in [-0.15, -0.1) is 10.2 Å². The minimum absolute atomic E-state index is 0.00993. The largest absolute Gasteiger partial charge is 0.352 e. The van der Waals surface area contributed by atoms with Crippen molar-refractivity contribution in [1.82, 2.24) is 20.1 Å². The van der Waals surface area contributed by atoms with Crippen molar-refractivity contribution in [2.45, 2.75) is 62.6 Å². The number of thioether (sulfide) groups is 1. The van der Waals surface area contributed by atoms with Crippen LogP contribution in [0, 0.1) is 0 Å². The van der Waals surface area contributed by atoms with E-state index in [1.165, 1.54) is 31.2 Å². The van der Waals surface area contributed by atoms with Gasteiger partial charge in [-0.25, -0.2) is 0 Å². The van der Waals surface area contributed by atoms with Gasteiger partial charge < -0.3 is 9.88 Å². The molecule has 1 fully saturated rings. The lowest BCUT2D eigenvalue weighted by Crippen LogP contribution is -2.26. The molecule has 0 bridgehead atoms. The number of benzene rings is 2. The Kier molecular flexibility index (Phi) is 7.99. The molecule has 1 aliphatic carbocycles. The number of carbonyl (C=O) groups is 1. The second-order valence-corrected chi connectivity index (χ2v) is 9.19. The average molecular weight is 449 g/mol. The number of hydrogen-bond acceptors (Lipinski definition) is 4. The number of rotatable bonds is 10. The highest BCUT2D eigenvalue weighted by Gasteiger charge is 2.23. The highest BCUT2D eigenvalue weighted by Crippen LogP contribution is 2.33. The molecular weight excluding hydrogens is 416 g/mol. The van der Waals surface area contributed by atoms with Crippen LogP contribution in [0.2, 0.25) is 0 Å². The first-order chi connectivity index (χ1) is 15.8. The van der Waals surface area contributed by atoms with Crippen LogP contribution in [0.3, 0.4) is 0 Å². The first-order valence-corrected chi connectivity index (χ1v) is 12.9. The number of hydrogen-bond donors (Lipinski definition) is 1. The molecule has 1 amide bonds. The molecule has 32 heavy (non-hydrogen) atoms. The maximum absolute atomic E-state index is 12.9. The molecule has 0 spiro atoms. The zero-order valence-electron chi connectivity index (χ0n) is 18.8. The van der Waals surface area contributed by atoms with Gasteiger partial charge in [-0.3, -0.25) is 4.79 Å². The Hall–Kier alpha value is -2.60. The lowest BCUT2D eigenvalue weighted by atomic mass is 9.99. The fourth-order valence-electron chi connectivity index (χ4n) is 4.57. The summed E-state index contributed by atoms with van der Waals surface area (Å²) >= 11 is 1.67. The van der Waals surface area contributed by atoms with Crippen LogP contribution in [-0.4, -0.2) is 33.5 Å². The van der Waals surface area contributed by atoms with Crippen molar-refractivity contribution in [2.75, 3.05) is 12.8 Å². The quantitative estimate of drug-likeness (QED) is 0.339. The summed E-state index contributed by atoms with van der Waals surface area (Å²) in [7, 11) is 0. The van der Waals surface area contributed by atoms with Crippen LogP contribution in [-0.2, 0) is 19.3 Å². The third-order valence-corrected chi connectivity index (χ3v) is 6.90. The summed E-state index contributed by atoms with van der Waals surface area (Å²) in [5.74, 6) is 1.06. The first-order valence-electron chi connectivity index (χ1n) is 11.6. The summed E-state index contributed by atoms with van der Waals surface area (Å²) in [6.45, 7) is 0.637. The fraction of sp³-hybridized carbons (Fsp3) is 0.423. The summed E-state index contributed by atoms with van der Waals surface area (Å²) in [4.78, 5) is 12.9. The third kappa shape index (κ3) is 5.60. The first kappa shape index (κ1) is 22.6. The van der Waals surface area contributed by atoms with Crippen LogP contribution in [0.1, 0.15) is 65.5 Å². The molecule has 1 aliphatic rings. The van der Waals surface area contributed by atoms with Crippen molar-refractivity contribution in [3.63, 3.8) is 0 Å². The van der Waals surface area contributed by atoms with Crippen LogP contribution in [0.25, 0.3) is 0 Å². The van der Waals surface area contributed by atoms with Gasteiger partial charge in [0.05, 0.1) is 0 Å². The second-order valence-electron chi connectivity index (χ2n) is 8.41. The van der Waals surface area contributed by atoms with E-state index < -0.39 is 0 Å². The van der Waals surface area contributed by atoms with Crippen molar-refractivity contribution in [3.05, 3.63) is 77.1 Å². The number of carbonyl (C=O) groups excluding carboxylic acids is 1. The second kappa shape index (κ2) is 11.3. The highest BCUT2D eigenvalue weighted by molar-refractivity contribution is 7.98. The molecule has 168 valence electrons. The molecule has 1 aromatic heterocycles. The smallest absolute Gasteiger partial charge is 0.251 e. The Balaban J connectivity index is 1.31. The maximum atomic E-state index is 12.9. The molecule has 0 atom stereocenters. The Morgan fingerprint density at radius 2 is 1.75 bits per heavy atom. The van der Waals surface area contributed by atoms with Gasteiger partial charge in [-0.1, -0.05) is 73.1 Å². The zero-order valence-corrected chi connectivity index (χ0v) is 19.6. The molecule has 0 radical (unpaired) electrons. The van der Waals surface area contributed by atoms with Gasteiger partial charge in [0, 0.05) is 24.6 Å². The molecule has 0 saturated heterocycles. The van der Waals surface area contributed by atoms with Crippen molar-refractivity contribution >= 4 is 17.7 Å².